The number of aryl methyl sites for hydroxylation is 1. The summed E-state index contributed by atoms with van der Waals surface area (Å²) < 4.78 is 2.22. The number of fused-ring (bicyclic) bond motifs is 1. The van der Waals surface area contributed by atoms with Gasteiger partial charge in [0, 0.05) is 41.9 Å². The van der Waals surface area contributed by atoms with Crippen molar-refractivity contribution >= 4 is 22.6 Å². The zero-order valence-electron chi connectivity index (χ0n) is 14.4. The Morgan fingerprint density at radius 2 is 2.04 bits per heavy atom. The first-order valence-electron chi connectivity index (χ1n) is 8.27. The van der Waals surface area contributed by atoms with E-state index in [-0.39, 0.29) is 12.1 Å². The number of urea groups is 1. The lowest BCUT2D eigenvalue weighted by atomic mass is 10.2. The van der Waals surface area contributed by atoms with Gasteiger partial charge in [-0.25, -0.2) is 4.79 Å². The van der Waals surface area contributed by atoms with Gasteiger partial charge in [0.1, 0.15) is 0 Å². The third-order valence-electron chi connectivity index (χ3n) is 3.83. The maximum Gasteiger partial charge on any atom is 0.322 e. The molecule has 2 aromatic rings. The summed E-state index contributed by atoms with van der Waals surface area (Å²) in [5, 5.41) is 13.6. The molecule has 1 aromatic heterocycles. The van der Waals surface area contributed by atoms with Crippen molar-refractivity contribution in [3.8, 4) is 0 Å². The van der Waals surface area contributed by atoms with Crippen molar-refractivity contribution in [3.63, 3.8) is 0 Å². The van der Waals surface area contributed by atoms with Crippen LogP contribution in [0.25, 0.3) is 10.9 Å². The van der Waals surface area contributed by atoms with E-state index in [1.807, 2.05) is 32.0 Å². The Kier molecular flexibility index (Phi) is 5.66. The van der Waals surface area contributed by atoms with Crippen LogP contribution in [0.3, 0.4) is 0 Å². The monoisotopic (exact) mass is 317 g/mol. The van der Waals surface area contributed by atoms with Crippen molar-refractivity contribution in [1.82, 2.24) is 9.47 Å². The Labute approximate surface area is 137 Å². The molecule has 1 aromatic carbocycles. The summed E-state index contributed by atoms with van der Waals surface area (Å²) in [6, 6.07) is 7.85. The maximum atomic E-state index is 12.4. The molecular formula is C18H27N3O2. The number of hydrogen-bond donors (Lipinski definition) is 2. The first kappa shape index (κ1) is 17.3. The fourth-order valence-corrected chi connectivity index (χ4v) is 2.72. The highest BCUT2D eigenvalue weighted by molar-refractivity contribution is 5.93. The number of benzene rings is 1. The van der Waals surface area contributed by atoms with Gasteiger partial charge in [0.2, 0.25) is 0 Å². The predicted molar refractivity (Wildman–Crippen MR) is 94.8 cm³/mol. The Bertz CT molecular complexity index is 661. The average molecular weight is 317 g/mol. The number of amides is 2. The van der Waals surface area contributed by atoms with E-state index in [0.717, 1.165) is 24.0 Å². The summed E-state index contributed by atoms with van der Waals surface area (Å²) in [5.74, 6) is 0. The fourth-order valence-electron chi connectivity index (χ4n) is 2.72. The van der Waals surface area contributed by atoms with Gasteiger partial charge in [0.05, 0.1) is 6.10 Å². The fraction of sp³-hybridized carbons (Fsp3) is 0.500. The Morgan fingerprint density at radius 1 is 1.30 bits per heavy atom. The van der Waals surface area contributed by atoms with Gasteiger partial charge < -0.3 is 19.9 Å². The van der Waals surface area contributed by atoms with Gasteiger partial charge in [-0.15, -0.1) is 0 Å². The van der Waals surface area contributed by atoms with E-state index in [4.69, 9.17) is 0 Å². The molecule has 1 unspecified atom stereocenters. The number of aromatic nitrogens is 1. The maximum absolute atomic E-state index is 12.4. The van der Waals surface area contributed by atoms with Crippen molar-refractivity contribution in [2.75, 3.05) is 11.9 Å². The molecule has 23 heavy (non-hydrogen) atoms. The van der Waals surface area contributed by atoms with E-state index in [0.29, 0.717) is 6.54 Å². The topological polar surface area (TPSA) is 57.5 Å². The zero-order chi connectivity index (χ0) is 17.0. The minimum atomic E-state index is -0.547. The molecule has 0 aliphatic carbocycles. The summed E-state index contributed by atoms with van der Waals surface area (Å²) in [7, 11) is 0. The highest BCUT2D eigenvalue weighted by Crippen LogP contribution is 2.21. The Balaban J connectivity index is 2.15. The van der Waals surface area contributed by atoms with Gasteiger partial charge in [-0.3, -0.25) is 0 Å². The Morgan fingerprint density at radius 3 is 2.65 bits per heavy atom. The molecule has 1 heterocycles. The minimum absolute atomic E-state index is 0.0268. The van der Waals surface area contributed by atoms with Crippen LogP contribution in [0, 0.1) is 0 Å². The second kappa shape index (κ2) is 7.51. The van der Waals surface area contributed by atoms with Crippen LogP contribution in [0.15, 0.2) is 30.5 Å². The van der Waals surface area contributed by atoms with E-state index in [2.05, 4.69) is 29.1 Å². The molecular weight excluding hydrogens is 290 g/mol. The van der Waals surface area contributed by atoms with Crippen LogP contribution in [-0.2, 0) is 6.54 Å². The van der Waals surface area contributed by atoms with Crippen LogP contribution in [0.1, 0.15) is 34.1 Å². The summed E-state index contributed by atoms with van der Waals surface area (Å²) in [6.45, 7) is 9.03. The number of carbonyl (C=O) groups is 1. The Hall–Kier alpha value is -2.01. The first-order chi connectivity index (χ1) is 10.9. The standard InChI is InChI=1S/C18H27N3O2/c1-5-9-20-10-8-15-11-16(6-7-17(15)20)19-18(23)21(13(2)3)12-14(4)22/h6-8,10-11,13-14,22H,5,9,12H2,1-4H3,(H,19,23). The molecule has 0 spiro atoms. The number of aliphatic hydroxyl groups is 1. The van der Waals surface area contributed by atoms with Gasteiger partial charge in [-0.2, -0.15) is 0 Å². The largest absolute Gasteiger partial charge is 0.392 e. The SMILES string of the molecule is CCCn1ccc2cc(NC(=O)N(CC(C)O)C(C)C)ccc21. The molecule has 1 atom stereocenters. The molecule has 2 rings (SSSR count). The van der Waals surface area contributed by atoms with E-state index in [1.165, 1.54) is 5.52 Å². The molecule has 5 heteroatoms. The number of nitrogens with one attached hydrogen (secondary N) is 1. The van der Waals surface area contributed by atoms with Crippen LogP contribution in [0.2, 0.25) is 0 Å². The van der Waals surface area contributed by atoms with Gasteiger partial charge in [-0.1, -0.05) is 6.92 Å². The van der Waals surface area contributed by atoms with E-state index in [9.17, 15) is 9.90 Å². The third-order valence-corrected chi connectivity index (χ3v) is 3.83. The normalized spacial score (nSPS) is 12.6. The van der Waals surface area contributed by atoms with Gasteiger partial charge in [0.15, 0.2) is 0 Å². The number of anilines is 1. The minimum Gasteiger partial charge on any atom is -0.392 e. The smallest absolute Gasteiger partial charge is 0.322 e. The highest BCUT2D eigenvalue weighted by Gasteiger charge is 2.18. The lowest BCUT2D eigenvalue weighted by Gasteiger charge is -2.28. The molecule has 0 fully saturated rings. The average Bonchev–Trinajstić information content (AvgIpc) is 2.87. The summed E-state index contributed by atoms with van der Waals surface area (Å²) in [5.41, 5.74) is 1.95. The first-order valence-corrected chi connectivity index (χ1v) is 8.27. The molecule has 0 aliphatic rings. The predicted octanol–water partition coefficient (Wildman–Crippen LogP) is 3.67. The van der Waals surface area contributed by atoms with Crippen LogP contribution in [0.4, 0.5) is 10.5 Å². The van der Waals surface area contributed by atoms with Crippen LogP contribution >= 0.6 is 0 Å². The number of aliphatic hydroxyl groups excluding tert-OH is 1. The highest BCUT2D eigenvalue weighted by atomic mass is 16.3. The van der Waals surface area contributed by atoms with Crippen LogP contribution in [0.5, 0.6) is 0 Å². The van der Waals surface area contributed by atoms with Gasteiger partial charge in [0.25, 0.3) is 0 Å². The van der Waals surface area contributed by atoms with E-state index >= 15 is 0 Å². The molecule has 2 amide bonds. The molecule has 0 bridgehead atoms. The molecule has 2 N–H and O–H groups in total. The van der Waals surface area contributed by atoms with Crippen molar-refractivity contribution in [1.29, 1.82) is 0 Å². The lowest BCUT2D eigenvalue weighted by Crippen LogP contribution is -2.43. The molecule has 126 valence electrons. The van der Waals surface area contributed by atoms with Crippen molar-refractivity contribution in [3.05, 3.63) is 30.5 Å². The molecule has 0 radical (unpaired) electrons. The van der Waals surface area contributed by atoms with Gasteiger partial charge >= 0.3 is 6.03 Å². The van der Waals surface area contributed by atoms with E-state index < -0.39 is 6.10 Å². The second-order valence-electron chi connectivity index (χ2n) is 6.31. The number of carbonyl (C=O) groups excluding carboxylic acids is 1. The van der Waals surface area contributed by atoms with Gasteiger partial charge in [-0.05, 0) is 51.5 Å². The number of hydrogen-bond acceptors (Lipinski definition) is 2. The number of nitrogens with zero attached hydrogens (tertiary/aromatic N) is 2. The van der Waals surface area contributed by atoms with Crippen LogP contribution in [-0.4, -0.2) is 39.3 Å². The quantitative estimate of drug-likeness (QED) is 0.854. The summed E-state index contributed by atoms with van der Waals surface area (Å²) in [6.07, 6.45) is 2.62. The van der Waals surface area contributed by atoms with E-state index in [1.54, 1.807) is 11.8 Å². The number of rotatable bonds is 6. The third kappa shape index (κ3) is 4.26. The lowest BCUT2D eigenvalue weighted by molar-refractivity contribution is 0.125. The van der Waals surface area contributed by atoms with Crippen molar-refractivity contribution in [2.24, 2.45) is 0 Å². The van der Waals surface area contributed by atoms with Crippen molar-refractivity contribution < 1.29 is 9.90 Å². The summed E-state index contributed by atoms with van der Waals surface area (Å²) in [4.78, 5) is 14.1. The molecule has 0 saturated carbocycles. The van der Waals surface area contributed by atoms with Crippen molar-refractivity contribution in [2.45, 2.75) is 52.8 Å². The second-order valence-corrected chi connectivity index (χ2v) is 6.31. The molecule has 0 aliphatic heterocycles. The zero-order valence-corrected chi connectivity index (χ0v) is 14.4. The van der Waals surface area contributed by atoms with Crippen LogP contribution < -0.4 is 5.32 Å². The molecule has 5 nitrogen and oxygen atoms in total. The molecule has 0 saturated heterocycles. The summed E-state index contributed by atoms with van der Waals surface area (Å²) >= 11 is 0.